The summed E-state index contributed by atoms with van der Waals surface area (Å²) in [4.78, 5) is 16.0. The Labute approximate surface area is 147 Å². The molecule has 0 aliphatic rings. The minimum Gasteiger partial charge on any atom is -0.441 e. The van der Waals surface area contributed by atoms with E-state index in [0.717, 1.165) is 6.42 Å². The van der Waals surface area contributed by atoms with Gasteiger partial charge < -0.3 is 4.42 Å². The second-order valence-corrected chi connectivity index (χ2v) is 8.15. The molecule has 24 heavy (non-hydrogen) atoms. The van der Waals surface area contributed by atoms with Gasteiger partial charge in [0.1, 0.15) is 17.3 Å². The van der Waals surface area contributed by atoms with Crippen molar-refractivity contribution in [3.05, 3.63) is 40.7 Å². The van der Waals surface area contributed by atoms with E-state index in [4.69, 9.17) is 16.0 Å². The maximum absolute atomic E-state index is 12.2. The number of Topliss-reactive ketones (excluding diaryl/α,β-unsaturated/α-hetero) is 1. The van der Waals surface area contributed by atoms with E-state index in [0.29, 0.717) is 34.9 Å². The van der Waals surface area contributed by atoms with Crippen molar-refractivity contribution < 1.29 is 17.6 Å². The van der Waals surface area contributed by atoms with Gasteiger partial charge in [-0.15, -0.1) is 0 Å². The fourth-order valence-electron chi connectivity index (χ4n) is 2.26. The van der Waals surface area contributed by atoms with Crippen molar-refractivity contribution in [3.8, 4) is 11.5 Å². The lowest BCUT2D eigenvalue weighted by molar-refractivity contribution is -0.116. The molecule has 0 saturated carbocycles. The van der Waals surface area contributed by atoms with Crippen molar-refractivity contribution >= 4 is 27.2 Å². The Balaban J connectivity index is 2.16. The van der Waals surface area contributed by atoms with Gasteiger partial charge in [0.25, 0.3) is 0 Å². The van der Waals surface area contributed by atoms with Crippen LogP contribution >= 0.6 is 11.6 Å². The highest BCUT2D eigenvalue weighted by atomic mass is 35.5. The molecule has 0 aliphatic carbocycles. The van der Waals surface area contributed by atoms with E-state index in [2.05, 4.69) is 4.98 Å². The van der Waals surface area contributed by atoms with Gasteiger partial charge in [-0.05, 0) is 25.5 Å². The number of carbonyl (C=O) groups is 1. The van der Waals surface area contributed by atoms with Crippen LogP contribution in [0, 0.1) is 6.92 Å². The van der Waals surface area contributed by atoms with Crippen LogP contribution in [-0.2, 0) is 20.4 Å². The zero-order chi connectivity index (χ0) is 17.7. The number of aryl methyl sites for hydroxylation is 1. The number of benzene rings is 1. The van der Waals surface area contributed by atoms with Gasteiger partial charge in [-0.3, -0.25) is 4.79 Å². The molecule has 0 atom stereocenters. The standard InChI is InChI=1S/C17H20ClNO4S/c1-3-4-7-13(20)10-24(21,22)11-16-12(2)23-17(19-16)14-8-5-6-9-15(14)18/h5-6,8-9H,3-4,7,10-11H2,1-2H3. The third-order valence-electron chi connectivity index (χ3n) is 3.54. The van der Waals surface area contributed by atoms with Crippen molar-refractivity contribution in [1.29, 1.82) is 0 Å². The first kappa shape index (κ1) is 18.7. The number of hydrogen-bond donors (Lipinski definition) is 0. The molecule has 2 rings (SSSR count). The number of sulfone groups is 1. The molecule has 2 aromatic rings. The first-order chi connectivity index (χ1) is 11.3. The predicted octanol–water partition coefficient (Wildman–Crippen LogP) is 3.98. The van der Waals surface area contributed by atoms with E-state index in [1.807, 2.05) is 6.92 Å². The molecular formula is C17H20ClNO4S. The van der Waals surface area contributed by atoms with Crippen molar-refractivity contribution in [2.45, 2.75) is 38.9 Å². The van der Waals surface area contributed by atoms with Crippen LogP contribution in [0.5, 0.6) is 0 Å². The summed E-state index contributed by atoms with van der Waals surface area (Å²) in [5.74, 6) is -0.342. The van der Waals surface area contributed by atoms with Gasteiger partial charge in [-0.1, -0.05) is 37.1 Å². The SMILES string of the molecule is CCCCC(=O)CS(=O)(=O)Cc1nc(-c2ccccc2Cl)oc1C. The number of nitrogens with zero attached hydrogens (tertiary/aromatic N) is 1. The minimum atomic E-state index is -3.57. The van der Waals surface area contributed by atoms with E-state index >= 15 is 0 Å². The van der Waals surface area contributed by atoms with Crippen LogP contribution in [0.15, 0.2) is 28.7 Å². The number of aromatic nitrogens is 1. The van der Waals surface area contributed by atoms with Gasteiger partial charge in [0.2, 0.25) is 5.89 Å². The first-order valence-corrected chi connectivity index (χ1v) is 9.95. The topological polar surface area (TPSA) is 77.2 Å². The summed E-state index contributed by atoms with van der Waals surface area (Å²) < 4.78 is 30.0. The molecule has 0 aliphatic heterocycles. The fraction of sp³-hybridized carbons (Fsp3) is 0.412. The summed E-state index contributed by atoms with van der Waals surface area (Å²) >= 11 is 6.11. The maximum Gasteiger partial charge on any atom is 0.228 e. The number of ketones is 1. The summed E-state index contributed by atoms with van der Waals surface area (Å²) in [6.07, 6.45) is 1.85. The predicted molar refractivity (Wildman–Crippen MR) is 93.7 cm³/mol. The van der Waals surface area contributed by atoms with Gasteiger partial charge in [-0.2, -0.15) is 0 Å². The summed E-state index contributed by atoms with van der Waals surface area (Å²) in [7, 11) is -3.57. The quantitative estimate of drug-likeness (QED) is 0.703. The van der Waals surface area contributed by atoms with Gasteiger partial charge in [-0.25, -0.2) is 13.4 Å². The molecule has 0 amide bonds. The van der Waals surface area contributed by atoms with E-state index in [1.54, 1.807) is 31.2 Å². The Bertz CT molecular complexity index is 827. The zero-order valence-electron chi connectivity index (χ0n) is 13.7. The number of halogens is 1. The van der Waals surface area contributed by atoms with Gasteiger partial charge in [0, 0.05) is 6.42 Å². The molecule has 1 heterocycles. The average molecular weight is 370 g/mol. The Morgan fingerprint density at radius 2 is 2.00 bits per heavy atom. The zero-order valence-corrected chi connectivity index (χ0v) is 15.3. The van der Waals surface area contributed by atoms with Gasteiger partial charge >= 0.3 is 0 Å². The Hall–Kier alpha value is -1.66. The third kappa shape index (κ3) is 4.92. The molecule has 0 N–H and O–H groups in total. The van der Waals surface area contributed by atoms with Crippen LogP contribution in [0.1, 0.15) is 37.6 Å². The lowest BCUT2D eigenvalue weighted by atomic mass is 10.2. The van der Waals surface area contributed by atoms with Gasteiger partial charge in [0.15, 0.2) is 9.84 Å². The van der Waals surface area contributed by atoms with Gasteiger partial charge in [0.05, 0.1) is 22.0 Å². The normalized spacial score (nSPS) is 11.6. The number of hydrogen-bond acceptors (Lipinski definition) is 5. The number of rotatable bonds is 8. The highest BCUT2D eigenvalue weighted by molar-refractivity contribution is 7.91. The minimum absolute atomic E-state index is 0.260. The molecule has 1 aromatic heterocycles. The number of oxazole rings is 1. The Morgan fingerprint density at radius 1 is 1.29 bits per heavy atom. The first-order valence-electron chi connectivity index (χ1n) is 7.75. The van der Waals surface area contributed by atoms with E-state index in [9.17, 15) is 13.2 Å². The van der Waals surface area contributed by atoms with Crippen molar-refractivity contribution in [3.63, 3.8) is 0 Å². The van der Waals surface area contributed by atoms with Crippen LogP contribution in [-0.4, -0.2) is 24.9 Å². The smallest absolute Gasteiger partial charge is 0.228 e. The molecular weight excluding hydrogens is 350 g/mol. The van der Waals surface area contributed by atoms with Crippen LogP contribution in [0.3, 0.4) is 0 Å². The second-order valence-electron chi connectivity index (χ2n) is 5.68. The molecule has 7 heteroatoms. The van der Waals surface area contributed by atoms with Crippen molar-refractivity contribution in [2.75, 3.05) is 5.75 Å². The van der Waals surface area contributed by atoms with E-state index in [1.165, 1.54) is 0 Å². The summed E-state index contributed by atoms with van der Waals surface area (Å²) in [6.45, 7) is 3.61. The average Bonchev–Trinajstić information content (AvgIpc) is 2.85. The fourth-order valence-corrected chi connectivity index (χ4v) is 3.90. The molecule has 0 spiro atoms. The molecule has 0 radical (unpaired) electrons. The molecule has 0 saturated heterocycles. The van der Waals surface area contributed by atoms with Crippen molar-refractivity contribution in [2.24, 2.45) is 0 Å². The van der Waals surface area contributed by atoms with Crippen LogP contribution < -0.4 is 0 Å². The molecule has 130 valence electrons. The molecule has 1 aromatic carbocycles. The Kier molecular flexibility index (Phi) is 6.18. The molecule has 5 nitrogen and oxygen atoms in total. The highest BCUT2D eigenvalue weighted by Gasteiger charge is 2.22. The molecule has 0 bridgehead atoms. The van der Waals surface area contributed by atoms with Crippen LogP contribution in [0.4, 0.5) is 0 Å². The lowest BCUT2D eigenvalue weighted by Crippen LogP contribution is -2.18. The number of carbonyl (C=O) groups excluding carboxylic acids is 1. The van der Waals surface area contributed by atoms with E-state index < -0.39 is 15.6 Å². The summed E-state index contributed by atoms with van der Waals surface area (Å²) in [5.41, 5.74) is 0.915. The summed E-state index contributed by atoms with van der Waals surface area (Å²) in [5, 5.41) is 0.475. The second kappa shape index (κ2) is 7.94. The lowest BCUT2D eigenvalue weighted by Gasteiger charge is -2.02. The van der Waals surface area contributed by atoms with E-state index in [-0.39, 0.29) is 17.4 Å². The van der Waals surface area contributed by atoms with Crippen LogP contribution in [0.2, 0.25) is 5.02 Å². The molecule has 0 fully saturated rings. The van der Waals surface area contributed by atoms with Crippen molar-refractivity contribution in [1.82, 2.24) is 4.98 Å². The highest BCUT2D eigenvalue weighted by Crippen LogP contribution is 2.28. The Morgan fingerprint density at radius 3 is 2.67 bits per heavy atom. The maximum atomic E-state index is 12.2. The van der Waals surface area contributed by atoms with Crippen LogP contribution in [0.25, 0.3) is 11.5 Å². The third-order valence-corrected chi connectivity index (χ3v) is 5.35. The number of unbranched alkanes of at least 4 members (excludes halogenated alkanes) is 1. The molecule has 0 unspecified atom stereocenters. The monoisotopic (exact) mass is 369 g/mol. The largest absolute Gasteiger partial charge is 0.441 e. The summed E-state index contributed by atoms with van der Waals surface area (Å²) in [6, 6.07) is 7.04.